The van der Waals surface area contributed by atoms with Crippen molar-refractivity contribution < 1.29 is 19.4 Å². The van der Waals surface area contributed by atoms with Crippen molar-refractivity contribution in [1.82, 2.24) is 5.32 Å². The lowest BCUT2D eigenvalue weighted by Crippen LogP contribution is -2.34. The molecule has 1 aromatic heterocycles. The van der Waals surface area contributed by atoms with Crippen LogP contribution in [0.4, 0.5) is 0 Å². The Morgan fingerprint density at radius 3 is 2.62 bits per heavy atom. The van der Waals surface area contributed by atoms with Crippen LogP contribution in [0.15, 0.2) is 36.4 Å². The van der Waals surface area contributed by atoms with Gasteiger partial charge >= 0.3 is 5.97 Å². The second-order valence-corrected chi connectivity index (χ2v) is 6.92. The summed E-state index contributed by atoms with van der Waals surface area (Å²) in [4.78, 5) is 25.6. The van der Waals surface area contributed by atoms with E-state index in [-0.39, 0.29) is 18.9 Å². The third-order valence-electron chi connectivity index (χ3n) is 3.68. The molecule has 0 saturated heterocycles. The maximum absolute atomic E-state index is 12.0. The number of amides is 1. The molecule has 0 aliphatic carbocycles. The normalized spacial score (nSPS) is 11.8. The summed E-state index contributed by atoms with van der Waals surface area (Å²) in [5.41, 5.74) is 0.815. The molecule has 6 heteroatoms. The summed E-state index contributed by atoms with van der Waals surface area (Å²) in [6.45, 7) is 2.08. The number of benzene rings is 1. The second kappa shape index (κ2) is 8.49. The number of nitrogens with one attached hydrogen (secondary N) is 1. The first kappa shape index (κ1) is 18.0. The lowest BCUT2D eigenvalue weighted by Gasteiger charge is -2.15. The largest absolute Gasteiger partial charge is 0.496 e. The highest BCUT2D eigenvalue weighted by Gasteiger charge is 2.20. The molecule has 0 bridgehead atoms. The van der Waals surface area contributed by atoms with Gasteiger partial charge in [0.05, 0.1) is 19.4 Å². The Morgan fingerprint density at radius 1 is 1.25 bits per heavy atom. The number of methoxy groups -OCH3 is 1. The smallest absolute Gasteiger partial charge is 0.308 e. The molecule has 1 atom stereocenters. The fraction of sp³-hybridized carbons (Fsp3) is 0.333. The molecule has 128 valence electrons. The number of rotatable bonds is 8. The molecule has 2 N–H and O–H groups in total. The van der Waals surface area contributed by atoms with Crippen molar-refractivity contribution in [2.24, 2.45) is 5.92 Å². The minimum atomic E-state index is -0.937. The third kappa shape index (κ3) is 5.09. The Labute approximate surface area is 145 Å². The molecule has 24 heavy (non-hydrogen) atoms. The summed E-state index contributed by atoms with van der Waals surface area (Å²) < 4.78 is 5.25. The van der Waals surface area contributed by atoms with Crippen molar-refractivity contribution in [3.05, 3.63) is 51.7 Å². The van der Waals surface area contributed by atoms with Crippen molar-refractivity contribution in [2.75, 3.05) is 13.7 Å². The van der Waals surface area contributed by atoms with Crippen LogP contribution in [0.1, 0.15) is 15.3 Å². The van der Waals surface area contributed by atoms with E-state index in [4.69, 9.17) is 4.74 Å². The lowest BCUT2D eigenvalue weighted by atomic mass is 9.98. The second-order valence-electron chi connectivity index (χ2n) is 5.54. The van der Waals surface area contributed by atoms with E-state index in [0.29, 0.717) is 12.2 Å². The van der Waals surface area contributed by atoms with Crippen LogP contribution in [-0.2, 0) is 22.4 Å². The number of carbonyl (C=O) groups excluding carboxylic acids is 1. The van der Waals surface area contributed by atoms with Crippen LogP contribution in [0.5, 0.6) is 5.75 Å². The average molecular weight is 347 g/mol. The van der Waals surface area contributed by atoms with E-state index in [9.17, 15) is 14.7 Å². The molecule has 0 saturated carbocycles. The van der Waals surface area contributed by atoms with Gasteiger partial charge in [0.15, 0.2) is 0 Å². The Morgan fingerprint density at radius 2 is 2.00 bits per heavy atom. The maximum Gasteiger partial charge on any atom is 0.308 e. The fourth-order valence-electron chi connectivity index (χ4n) is 2.42. The number of hydrogen-bond donors (Lipinski definition) is 2. The van der Waals surface area contributed by atoms with E-state index in [1.54, 1.807) is 24.5 Å². The summed E-state index contributed by atoms with van der Waals surface area (Å²) in [5, 5.41) is 12.1. The van der Waals surface area contributed by atoms with Gasteiger partial charge < -0.3 is 15.2 Å². The first-order valence-electron chi connectivity index (χ1n) is 7.66. The van der Waals surface area contributed by atoms with Gasteiger partial charge in [-0.2, -0.15) is 0 Å². The van der Waals surface area contributed by atoms with Gasteiger partial charge in [-0.1, -0.05) is 18.2 Å². The van der Waals surface area contributed by atoms with E-state index in [2.05, 4.69) is 5.32 Å². The highest BCUT2D eigenvalue weighted by Crippen LogP contribution is 2.21. The predicted octanol–water partition coefficient (Wildman–Crippen LogP) is 2.67. The zero-order chi connectivity index (χ0) is 17.5. The molecule has 1 amide bonds. The number of ether oxygens (including phenoxy) is 1. The van der Waals surface area contributed by atoms with Crippen molar-refractivity contribution >= 4 is 23.2 Å². The van der Waals surface area contributed by atoms with Gasteiger partial charge in [-0.3, -0.25) is 9.59 Å². The molecule has 0 aliphatic rings. The van der Waals surface area contributed by atoms with Gasteiger partial charge in [0.25, 0.3) is 0 Å². The SMILES string of the molecule is COc1ccccc1CC(CNC(=O)Cc1ccc(C)s1)C(=O)O. The van der Waals surface area contributed by atoms with Crippen molar-refractivity contribution in [3.63, 3.8) is 0 Å². The van der Waals surface area contributed by atoms with E-state index in [1.165, 1.54) is 0 Å². The Bertz CT molecular complexity index is 711. The molecule has 1 aromatic carbocycles. The minimum Gasteiger partial charge on any atom is -0.496 e. The predicted molar refractivity (Wildman–Crippen MR) is 93.6 cm³/mol. The van der Waals surface area contributed by atoms with Crippen molar-refractivity contribution in [1.29, 1.82) is 0 Å². The highest BCUT2D eigenvalue weighted by atomic mass is 32.1. The highest BCUT2D eigenvalue weighted by molar-refractivity contribution is 7.12. The number of aliphatic carboxylic acids is 1. The van der Waals surface area contributed by atoms with E-state index in [0.717, 1.165) is 15.3 Å². The number of carboxylic acid groups (broad SMARTS) is 1. The first-order valence-corrected chi connectivity index (χ1v) is 8.48. The maximum atomic E-state index is 12.0. The molecule has 5 nitrogen and oxygen atoms in total. The summed E-state index contributed by atoms with van der Waals surface area (Å²) in [6, 6.07) is 11.2. The monoisotopic (exact) mass is 347 g/mol. The number of thiophene rings is 1. The van der Waals surface area contributed by atoms with E-state index < -0.39 is 11.9 Å². The zero-order valence-electron chi connectivity index (χ0n) is 13.7. The van der Waals surface area contributed by atoms with Gasteiger partial charge in [-0.15, -0.1) is 11.3 Å². The molecule has 2 aromatic rings. The molecular weight excluding hydrogens is 326 g/mol. The molecule has 0 fully saturated rings. The number of para-hydroxylation sites is 1. The molecular formula is C18H21NO4S. The van der Waals surface area contributed by atoms with Gasteiger partial charge in [0, 0.05) is 16.3 Å². The molecule has 2 rings (SSSR count). The van der Waals surface area contributed by atoms with Crippen molar-refractivity contribution in [3.8, 4) is 5.75 Å². The summed E-state index contributed by atoms with van der Waals surface area (Å²) in [5.74, 6) is -1.14. The summed E-state index contributed by atoms with van der Waals surface area (Å²) in [6.07, 6.45) is 0.581. The van der Waals surface area contributed by atoms with Crippen LogP contribution in [0, 0.1) is 12.8 Å². The van der Waals surface area contributed by atoms with E-state index in [1.807, 2.05) is 37.3 Å². The number of carboxylic acids is 1. The van der Waals surface area contributed by atoms with Crippen LogP contribution in [-0.4, -0.2) is 30.6 Å². The average Bonchev–Trinajstić information content (AvgIpc) is 2.96. The van der Waals surface area contributed by atoms with Crippen LogP contribution < -0.4 is 10.1 Å². The van der Waals surface area contributed by atoms with Crippen LogP contribution in [0.2, 0.25) is 0 Å². The Kier molecular flexibility index (Phi) is 6.37. The van der Waals surface area contributed by atoms with Crippen LogP contribution in [0.25, 0.3) is 0 Å². The van der Waals surface area contributed by atoms with E-state index >= 15 is 0 Å². The van der Waals surface area contributed by atoms with Crippen LogP contribution in [0.3, 0.4) is 0 Å². The van der Waals surface area contributed by atoms with Gasteiger partial charge in [-0.05, 0) is 37.1 Å². The molecule has 0 spiro atoms. The number of carbonyl (C=O) groups is 2. The number of hydrogen-bond acceptors (Lipinski definition) is 4. The molecule has 1 heterocycles. The molecule has 1 unspecified atom stereocenters. The first-order chi connectivity index (χ1) is 11.5. The minimum absolute atomic E-state index is 0.0938. The Hall–Kier alpha value is -2.34. The quantitative estimate of drug-likeness (QED) is 0.770. The number of aryl methyl sites for hydroxylation is 1. The summed E-state index contributed by atoms with van der Waals surface area (Å²) >= 11 is 1.57. The molecule has 0 aliphatic heterocycles. The fourth-order valence-corrected chi connectivity index (χ4v) is 3.31. The lowest BCUT2D eigenvalue weighted by molar-refractivity contribution is -0.141. The Balaban J connectivity index is 1.93. The van der Waals surface area contributed by atoms with Gasteiger partial charge in [0.2, 0.25) is 5.91 Å². The van der Waals surface area contributed by atoms with Crippen LogP contribution >= 0.6 is 11.3 Å². The van der Waals surface area contributed by atoms with Gasteiger partial charge in [-0.25, -0.2) is 0 Å². The van der Waals surface area contributed by atoms with Crippen molar-refractivity contribution in [2.45, 2.75) is 19.8 Å². The third-order valence-corrected chi connectivity index (χ3v) is 4.69. The standard InChI is InChI=1S/C18H21NO4S/c1-12-7-8-15(24-12)10-17(20)19-11-14(18(21)22)9-13-5-3-4-6-16(13)23-2/h3-8,14H,9-11H2,1-2H3,(H,19,20)(H,21,22). The molecule has 0 radical (unpaired) electrons. The topological polar surface area (TPSA) is 75.6 Å². The van der Waals surface area contributed by atoms with Gasteiger partial charge in [0.1, 0.15) is 5.75 Å². The zero-order valence-corrected chi connectivity index (χ0v) is 14.6. The summed E-state index contributed by atoms with van der Waals surface area (Å²) in [7, 11) is 1.55.